The van der Waals surface area contributed by atoms with Gasteiger partial charge in [-0.2, -0.15) is 0 Å². The summed E-state index contributed by atoms with van der Waals surface area (Å²) in [6.45, 7) is 7.15. The molecule has 1 aromatic carbocycles. The summed E-state index contributed by atoms with van der Waals surface area (Å²) < 4.78 is 23.9. The lowest BCUT2D eigenvalue weighted by atomic mass is 9.97. The smallest absolute Gasteiger partial charge is 0.315 e. The highest BCUT2D eigenvalue weighted by Crippen LogP contribution is 2.25. The number of benzene rings is 1. The lowest BCUT2D eigenvalue weighted by Gasteiger charge is -2.19. The molecule has 1 aromatic rings. The molecule has 0 bridgehead atoms. The van der Waals surface area contributed by atoms with Crippen LogP contribution >= 0.6 is 0 Å². The van der Waals surface area contributed by atoms with Crippen LogP contribution in [0, 0.1) is 5.41 Å². The van der Waals surface area contributed by atoms with Gasteiger partial charge in [0.15, 0.2) is 9.84 Å². The lowest BCUT2D eigenvalue weighted by molar-refractivity contribution is 0.235. The molecular weight excluding hydrogens is 300 g/mol. The third-order valence-corrected chi connectivity index (χ3v) is 5.45. The van der Waals surface area contributed by atoms with Crippen molar-refractivity contribution in [2.75, 3.05) is 12.3 Å². The fourth-order valence-corrected chi connectivity index (χ4v) is 3.97. The van der Waals surface area contributed by atoms with Gasteiger partial charge < -0.3 is 10.6 Å². The van der Waals surface area contributed by atoms with E-state index in [2.05, 4.69) is 31.4 Å². The van der Waals surface area contributed by atoms with E-state index < -0.39 is 9.84 Å². The van der Waals surface area contributed by atoms with Gasteiger partial charge in [-0.3, -0.25) is 0 Å². The third-order valence-electron chi connectivity index (χ3n) is 3.55. The molecule has 1 aliphatic heterocycles. The number of carbonyl (C=O) groups excluding carboxylic acids is 1. The number of urea groups is 1. The van der Waals surface area contributed by atoms with Crippen LogP contribution in [0.4, 0.5) is 4.79 Å². The summed E-state index contributed by atoms with van der Waals surface area (Å²) in [5.74, 6) is 0.229. The molecule has 6 heteroatoms. The molecule has 0 aromatic heterocycles. The van der Waals surface area contributed by atoms with Crippen molar-refractivity contribution >= 4 is 15.9 Å². The van der Waals surface area contributed by atoms with Crippen molar-refractivity contribution in [3.63, 3.8) is 0 Å². The summed E-state index contributed by atoms with van der Waals surface area (Å²) in [6, 6.07) is 5.11. The first-order chi connectivity index (χ1) is 10.2. The average Bonchev–Trinajstić information content (AvgIpc) is 2.41. The topological polar surface area (TPSA) is 75.3 Å². The van der Waals surface area contributed by atoms with E-state index in [9.17, 15) is 13.2 Å². The molecule has 1 heterocycles. The van der Waals surface area contributed by atoms with Crippen LogP contribution in [0.15, 0.2) is 23.1 Å². The summed E-state index contributed by atoms with van der Waals surface area (Å²) in [4.78, 5) is 12.2. The zero-order valence-electron chi connectivity index (χ0n) is 13.4. The van der Waals surface area contributed by atoms with E-state index in [-0.39, 0.29) is 17.2 Å². The number of fused-ring (bicyclic) bond motifs is 1. The molecule has 0 spiro atoms. The predicted molar refractivity (Wildman–Crippen MR) is 86.5 cm³/mol. The van der Waals surface area contributed by atoms with Gasteiger partial charge in [-0.1, -0.05) is 32.9 Å². The third kappa shape index (κ3) is 4.47. The Balaban J connectivity index is 1.96. The van der Waals surface area contributed by atoms with E-state index in [0.29, 0.717) is 24.4 Å². The summed E-state index contributed by atoms with van der Waals surface area (Å²) in [5, 5.41) is 5.62. The fraction of sp³-hybridized carbons (Fsp3) is 0.562. The number of carbonyl (C=O) groups is 1. The van der Waals surface area contributed by atoms with Gasteiger partial charge >= 0.3 is 6.03 Å². The quantitative estimate of drug-likeness (QED) is 0.895. The Morgan fingerprint density at radius 2 is 1.95 bits per heavy atom. The van der Waals surface area contributed by atoms with Gasteiger partial charge in [0.1, 0.15) is 0 Å². The second kappa shape index (κ2) is 6.28. The number of sulfone groups is 1. The highest BCUT2D eigenvalue weighted by molar-refractivity contribution is 7.91. The Morgan fingerprint density at radius 1 is 1.23 bits per heavy atom. The Labute approximate surface area is 132 Å². The van der Waals surface area contributed by atoms with Crippen LogP contribution in [0.2, 0.25) is 0 Å². The van der Waals surface area contributed by atoms with E-state index in [0.717, 1.165) is 17.5 Å². The van der Waals surface area contributed by atoms with E-state index in [4.69, 9.17) is 0 Å². The number of aryl methyl sites for hydroxylation is 1. The van der Waals surface area contributed by atoms with E-state index in [1.165, 1.54) is 0 Å². The van der Waals surface area contributed by atoms with Crippen LogP contribution in [0.1, 0.15) is 38.3 Å². The zero-order valence-corrected chi connectivity index (χ0v) is 14.2. The zero-order chi connectivity index (χ0) is 16.4. The minimum atomic E-state index is -3.11. The van der Waals surface area contributed by atoms with Gasteiger partial charge in [-0.15, -0.1) is 0 Å². The summed E-state index contributed by atoms with van der Waals surface area (Å²) >= 11 is 0. The van der Waals surface area contributed by atoms with E-state index >= 15 is 0 Å². The number of hydrogen-bond acceptors (Lipinski definition) is 3. The van der Waals surface area contributed by atoms with Crippen molar-refractivity contribution in [1.82, 2.24) is 10.6 Å². The summed E-state index contributed by atoms with van der Waals surface area (Å²) in [5.41, 5.74) is 1.82. The Morgan fingerprint density at radius 3 is 2.64 bits per heavy atom. The standard InChI is InChI=1S/C16H24N2O3S/c1-16(2,3)11-18-15(19)17-10-12-6-7-14-13(9-12)5-4-8-22(14,20)21/h6-7,9H,4-5,8,10-11H2,1-3H3,(H2,17,18,19). The molecule has 0 saturated heterocycles. The van der Waals surface area contributed by atoms with Crippen LogP contribution in [0.5, 0.6) is 0 Å². The van der Waals surface area contributed by atoms with Crippen LogP contribution in [0.25, 0.3) is 0 Å². The maximum absolute atomic E-state index is 11.9. The summed E-state index contributed by atoms with van der Waals surface area (Å²) in [7, 11) is -3.11. The first kappa shape index (κ1) is 16.8. The second-order valence-electron chi connectivity index (χ2n) is 6.96. The second-order valence-corrected chi connectivity index (χ2v) is 9.04. The van der Waals surface area contributed by atoms with E-state index in [1.54, 1.807) is 12.1 Å². The molecule has 122 valence electrons. The largest absolute Gasteiger partial charge is 0.338 e. The SMILES string of the molecule is CC(C)(C)CNC(=O)NCc1ccc2c(c1)CCCS2(=O)=O. The number of hydrogen-bond donors (Lipinski definition) is 2. The Hall–Kier alpha value is -1.56. The fourth-order valence-electron chi connectivity index (χ4n) is 2.39. The molecule has 0 radical (unpaired) electrons. The summed E-state index contributed by atoms with van der Waals surface area (Å²) in [6.07, 6.45) is 1.44. The molecule has 2 N–H and O–H groups in total. The molecule has 0 fully saturated rings. The predicted octanol–water partition coefficient (Wildman–Crippen LogP) is 2.25. The number of rotatable bonds is 3. The highest BCUT2D eigenvalue weighted by Gasteiger charge is 2.23. The van der Waals surface area contributed by atoms with Gasteiger partial charge in [0.05, 0.1) is 10.6 Å². The van der Waals surface area contributed by atoms with Crippen molar-refractivity contribution in [3.8, 4) is 0 Å². The molecule has 0 saturated carbocycles. The van der Waals surface area contributed by atoms with Crippen LogP contribution in [-0.4, -0.2) is 26.7 Å². The molecule has 0 unspecified atom stereocenters. The van der Waals surface area contributed by atoms with Gasteiger partial charge in [0.25, 0.3) is 0 Å². The van der Waals surface area contributed by atoms with Crippen LogP contribution in [-0.2, 0) is 22.8 Å². The van der Waals surface area contributed by atoms with E-state index in [1.807, 2.05) is 6.07 Å². The first-order valence-electron chi connectivity index (χ1n) is 7.54. The monoisotopic (exact) mass is 324 g/mol. The minimum absolute atomic E-state index is 0.0392. The molecule has 5 nitrogen and oxygen atoms in total. The van der Waals surface area contributed by atoms with Crippen molar-refractivity contribution in [2.24, 2.45) is 5.41 Å². The van der Waals surface area contributed by atoms with Crippen molar-refractivity contribution in [3.05, 3.63) is 29.3 Å². The number of nitrogens with one attached hydrogen (secondary N) is 2. The molecule has 0 aliphatic carbocycles. The van der Waals surface area contributed by atoms with Crippen LogP contribution in [0.3, 0.4) is 0 Å². The highest BCUT2D eigenvalue weighted by atomic mass is 32.2. The molecule has 2 amide bonds. The average molecular weight is 324 g/mol. The molecule has 22 heavy (non-hydrogen) atoms. The van der Waals surface area contributed by atoms with Crippen molar-refractivity contribution < 1.29 is 13.2 Å². The van der Waals surface area contributed by atoms with Gasteiger partial charge in [-0.05, 0) is 35.4 Å². The minimum Gasteiger partial charge on any atom is -0.338 e. The Kier molecular flexibility index (Phi) is 4.80. The first-order valence-corrected chi connectivity index (χ1v) is 9.19. The van der Waals surface area contributed by atoms with Gasteiger partial charge in [0.2, 0.25) is 0 Å². The van der Waals surface area contributed by atoms with Crippen LogP contribution < -0.4 is 10.6 Å². The van der Waals surface area contributed by atoms with Crippen molar-refractivity contribution in [2.45, 2.75) is 45.1 Å². The molecular formula is C16H24N2O3S. The lowest BCUT2D eigenvalue weighted by Crippen LogP contribution is -2.39. The van der Waals surface area contributed by atoms with Crippen molar-refractivity contribution in [1.29, 1.82) is 0 Å². The maximum Gasteiger partial charge on any atom is 0.315 e. The van der Waals surface area contributed by atoms with Gasteiger partial charge in [-0.25, -0.2) is 13.2 Å². The molecule has 0 atom stereocenters. The number of amides is 2. The van der Waals surface area contributed by atoms with Gasteiger partial charge in [0, 0.05) is 13.1 Å². The molecule has 1 aliphatic rings. The normalized spacial score (nSPS) is 16.7. The maximum atomic E-state index is 11.9. The Bertz CT molecular complexity index is 660. The molecule has 2 rings (SSSR count).